The molecule has 3 nitrogen and oxygen atoms in total. The number of rotatable bonds is 5. The van der Waals surface area contributed by atoms with Crippen molar-refractivity contribution in [3.05, 3.63) is 64.7 Å². The molecule has 1 unspecified atom stereocenters. The fraction of sp³-hybridized carbons (Fsp3) is 0.235. The first-order chi connectivity index (χ1) is 10.1. The Labute approximate surface area is 129 Å². The molecule has 21 heavy (non-hydrogen) atoms. The number of carbonyl (C=O) groups is 1. The number of hydrogen-bond acceptors (Lipinski definition) is 2. The Balaban J connectivity index is 1.93. The predicted molar refractivity (Wildman–Crippen MR) is 84.7 cm³/mol. The highest BCUT2D eigenvalue weighted by Crippen LogP contribution is 2.17. The van der Waals surface area contributed by atoms with Crippen LogP contribution in [0.5, 0.6) is 5.75 Å². The average molecular weight is 304 g/mol. The molecule has 0 aliphatic rings. The summed E-state index contributed by atoms with van der Waals surface area (Å²) >= 11 is 5.83. The summed E-state index contributed by atoms with van der Waals surface area (Å²) in [7, 11) is 1.63. The van der Waals surface area contributed by atoms with Crippen LogP contribution in [0.1, 0.15) is 24.1 Å². The van der Waals surface area contributed by atoms with E-state index in [4.69, 9.17) is 16.3 Å². The van der Waals surface area contributed by atoms with E-state index in [0.717, 1.165) is 16.9 Å². The lowest BCUT2D eigenvalue weighted by atomic mass is 10.1. The van der Waals surface area contributed by atoms with Crippen molar-refractivity contribution in [3.8, 4) is 5.75 Å². The van der Waals surface area contributed by atoms with E-state index >= 15 is 0 Å². The van der Waals surface area contributed by atoms with Gasteiger partial charge in [-0.25, -0.2) is 0 Å². The van der Waals surface area contributed by atoms with Gasteiger partial charge in [0.15, 0.2) is 0 Å². The van der Waals surface area contributed by atoms with E-state index in [1.807, 2.05) is 43.3 Å². The van der Waals surface area contributed by atoms with Gasteiger partial charge in [0.1, 0.15) is 5.75 Å². The van der Waals surface area contributed by atoms with E-state index in [1.54, 1.807) is 19.2 Å². The number of benzene rings is 2. The fourth-order valence-corrected chi connectivity index (χ4v) is 2.18. The molecule has 2 rings (SSSR count). The minimum absolute atomic E-state index is 0.0133. The first kappa shape index (κ1) is 15.4. The Hall–Kier alpha value is -2.00. The molecule has 1 amide bonds. The van der Waals surface area contributed by atoms with Crippen molar-refractivity contribution in [1.29, 1.82) is 0 Å². The van der Waals surface area contributed by atoms with E-state index < -0.39 is 0 Å². The SMILES string of the molecule is COc1ccc(C(C)NC(=O)Cc2ccc(Cl)cc2)cc1. The van der Waals surface area contributed by atoms with E-state index in [1.165, 1.54) is 0 Å². The van der Waals surface area contributed by atoms with Crippen LogP contribution in [0.3, 0.4) is 0 Å². The topological polar surface area (TPSA) is 38.3 Å². The molecule has 0 radical (unpaired) electrons. The van der Waals surface area contributed by atoms with Crippen LogP contribution < -0.4 is 10.1 Å². The van der Waals surface area contributed by atoms with Gasteiger partial charge in [-0.2, -0.15) is 0 Å². The zero-order valence-corrected chi connectivity index (χ0v) is 12.9. The molecule has 4 heteroatoms. The molecule has 2 aromatic rings. The largest absolute Gasteiger partial charge is 0.497 e. The summed E-state index contributed by atoms with van der Waals surface area (Å²) in [5.74, 6) is 0.791. The lowest BCUT2D eigenvalue weighted by Crippen LogP contribution is -2.28. The van der Waals surface area contributed by atoms with Gasteiger partial charge in [-0.15, -0.1) is 0 Å². The lowest BCUT2D eigenvalue weighted by molar-refractivity contribution is -0.121. The number of nitrogens with one attached hydrogen (secondary N) is 1. The molecule has 0 bridgehead atoms. The molecular formula is C17H18ClNO2. The molecule has 110 valence electrons. The Morgan fingerprint density at radius 2 is 1.76 bits per heavy atom. The van der Waals surface area contributed by atoms with Gasteiger partial charge in [-0.05, 0) is 42.3 Å². The quantitative estimate of drug-likeness (QED) is 0.913. The maximum absolute atomic E-state index is 12.0. The zero-order chi connectivity index (χ0) is 15.2. The second-order valence-corrected chi connectivity index (χ2v) is 5.30. The number of methoxy groups -OCH3 is 1. The van der Waals surface area contributed by atoms with Crippen molar-refractivity contribution >= 4 is 17.5 Å². The molecule has 2 aromatic carbocycles. The summed E-state index contributed by atoms with van der Waals surface area (Å²) in [5.41, 5.74) is 1.99. The maximum atomic E-state index is 12.0. The van der Waals surface area contributed by atoms with Gasteiger partial charge in [-0.1, -0.05) is 35.9 Å². The van der Waals surface area contributed by atoms with Gasteiger partial charge in [0.2, 0.25) is 5.91 Å². The van der Waals surface area contributed by atoms with Crippen LogP contribution in [-0.2, 0) is 11.2 Å². The third-order valence-corrected chi connectivity index (χ3v) is 3.52. The standard InChI is InChI=1S/C17H18ClNO2/c1-12(14-5-9-16(21-2)10-6-14)19-17(20)11-13-3-7-15(18)8-4-13/h3-10,12H,11H2,1-2H3,(H,19,20). The molecule has 0 aromatic heterocycles. The van der Waals surface area contributed by atoms with Gasteiger partial charge in [0, 0.05) is 5.02 Å². The summed E-state index contributed by atoms with van der Waals surface area (Å²) in [5, 5.41) is 3.66. The van der Waals surface area contributed by atoms with Crippen LogP contribution in [-0.4, -0.2) is 13.0 Å². The smallest absolute Gasteiger partial charge is 0.224 e. The molecule has 0 spiro atoms. The third-order valence-electron chi connectivity index (χ3n) is 3.27. The minimum Gasteiger partial charge on any atom is -0.497 e. The molecule has 0 saturated heterocycles. The van der Waals surface area contributed by atoms with Crippen LogP contribution >= 0.6 is 11.6 Å². The van der Waals surface area contributed by atoms with Crippen LogP contribution in [0.15, 0.2) is 48.5 Å². The van der Waals surface area contributed by atoms with Crippen molar-refractivity contribution in [2.45, 2.75) is 19.4 Å². The molecular weight excluding hydrogens is 286 g/mol. The first-order valence-electron chi connectivity index (χ1n) is 6.76. The molecule has 0 aliphatic heterocycles. The van der Waals surface area contributed by atoms with E-state index in [-0.39, 0.29) is 11.9 Å². The average Bonchev–Trinajstić information content (AvgIpc) is 2.49. The molecule has 0 heterocycles. The highest BCUT2D eigenvalue weighted by atomic mass is 35.5. The van der Waals surface area contributed by atoms with Crippen LogP contribution in [0.4, 0.5) is 0 Å². The van der Waals surface area contributed by atoms with Crippen molar-refractivity contribution in [1.82, 2.24) is 5.32 Å². The Morgan fingerprint density at radius 3 is 2.33 bits per heavy atom. The Kier molecular flexibility index (Phi) is 5.23. The fourth-order valence-electron chi connectivity index (χ4n) is 2.06. The first-order valence-corrected chi connectivity index (χ1v) is 7.14. The minimum atomic E-state index is -0.0456. The van der Waals surface area contributed by atoms with Crippen LogP contribution in [0.25, 0.3) is 0 Å². The van der Waals surface area contributed by atoms with E-state index in [9.17, 15) is 4.79 Å². The van der Waals surface area contributed by atoms with Crippen LogP contribution in [0, 0.1) is 0 Å². The van der Waals surface area contributed by atoms with Gasteiger partial charge >= 0.3 is 0 Å². The zero-order valence-electron chi connectivity index (χ0n) is 12.1. The van der Waals surface area contributed by atoms with Crippen molar-refractivity contribution in [3.63, 3.8) is 0 Å². The number of carbonyl (C=O) groups excluding carboxylic acids is 1. The second-order valence-electron chi connectivity index (χ2n) is 4.87. The molecule has 0 fully saturated rings. The third kappa shape index (κ3) is 4.50. The highest BCUT2D eigenvalue weighted by Gasteiger charge is 2.10. The number of hydrogen-bond donors (Lipinski definition) is 1. The van der Waals surface area contributed by atoms with Crippen molar-refractivity contribution in [2.24, 2.45) is 0 Å². The summed E-state index contributed by atoms with van der Waals surface area (Å²) in [6, 6.07) is 14.9. The predicted octanol–water partition coefficient (Wildman–Crippen LogP) is 3.77. The molecule has 1 N–H and O–H groups in total. The molecule has 0 saturated carbocycles. The summed E-state index contributed by atoms with van der Waals surface area (Å²) in [4.78, 5) is 12.0. The second kappa shape index (κ2) is 7.14. The normalized spacial score (nSPS) is 11.8. The Bertz CT molecular complexity index is 593. The monoisotopic (exact) mass is 303 g/mol. The van der Waals surface area contributed by atoms with Crippen molar-refractivity contribution in [2.75, 3.05) is 7.11 Å². The molecule has 0 aliphatic carbocycles. The van der Waals surface area contributed by atoms with Gasteiger partial charge < -0.3 is 10.1 Å². The van der Waals surface area contributed by atoms with Gasteiger partial charge in [-0.3, -0.25) is 4.79 Å². The molecule has 1 atom stereocenters. The number of amides is 1. The van der Waals surface area contributed by atoms with Gasteiger partial charge in [0.05, 0.1) is 19.6 Å². The number of halogens is 1. The Morgan fingerprint density at radius 1 is 1.14 bits per heavy atom. The lowest BCUT2D eigenvalue weighted by Gasteiger charge is -2.15. The van der Waals surface area contributed by atoms with E-state index in [2.05, 4.69) is 5.32 Å². The highest BCUT2D eigenvalue weighted by molar-refractivity contribution is 6.30. The maximum Gasteiger partial charge on any atom is 0.224 e. The number of ether oxygens (including phenoxy) is 1. The van der Waals surface area contributed by atoms with Crippen LogP contribution in [0.2, 0.25) is 5.02 Å². The summed E-state index contributed by atoms with van der Waals surface area (Å²) < 4.78 is 5.12. The van der Waals surface area contributed by atoms with E-state index in [0.29, 0.717) is 11.4 Å². The summed E-state index contributed by atoms with van der Waals surface area (Å²) in [6.07, 6.45) is 0.345. The van der Waals surface area contributed by atoms with Crippen molar-refractivity contribution < 1.29 is 9.53 Å². The van der Waals surface area contributed by atoms with Gasteiger partial charge in [0.25, 0.3) is 0 Å². The summed E-state index contributed by atoms with van der Waals surface area (Å²) in [6.45, 7) is 1.96.